The molecule has 0 rings (SSSR count). The summed E-state index contributed by atoms with van der Waals surface area (Å²) >= 11 is 0. The molecule has 3 N–H and O–H groups in total. The molecule has 0 aliphatic carbocycles. The monoisotopic (exact) mass is 1130 g/mol. The van der Waals surface area contributed by atoms with E-state index in [1.807, 2.05) is 6.08 Å². The number of unbranched alkanes of at least 4 members (excludes halogenated alkanes) is 56. The van der Waals surface area contributed by atoms with E-state index in [0.717, 1.165) is 38.5 Å². The Kier molecular flexibility index (Phi) is 68.4. The van der Waals surface area contributed by atoms with Crippen molar-refractivity contribution in [1.29, 1.82) is 0 Å². The predicted octanol–water partition coefficient (Wildman–Crippen LogP) is 23.7. The van der Waals surface area contributed by atoms with Gasteiger partial charge in [-0.2, -0.15) is 0 Å². The SMILES string of the molecule is CCCCCCCCCCCCCCCCCCCCCC/C=C/C(O)C(CO)NC(=O)CCCCCCCCCCC/C=C\CCCCCCCCCCCCCCOC(=O)CCCCCCCCCCCCCCCCCC. The van der Waals surface area contributed by atoms with Crippen LogP contribution >= 0.6 is 0 Å². The molecule has 2 atom stereocenters. The molecular weight excluding hydrogens is 983 g/mol. The molecule has 0 aromatic heterocycles. The van der Waals surface area contributed by atoms with E-state index in [2.05, 4.69) is 31.3 Å². The average Bonchev–Trinajstić information content (AvgIpc) is 3.46. The van der Waals surface area contributed by atoms with Gasteiger partial charge in [0.1, 0.15) is 0 Å². The zero-order valence-electron chi connectivity index (χ0n) is 54.3. The summed E-state index contributed by atoms with van der Waals surface area (Å²) in [4.78, 5) is 24.6. The van der Waals surface area contributed by atoms with Crippen LogP contribution < -0.4 is 5.32 Å². The number of rotatable bonds is 69. The van der Waals surface area contributed by atoms with Crippen LogP contribution in [0.25, 0.3) is 0 Å². The van der Waals surface area contributed by atoms with Gasteiger partial charge in [0.25, 0.3) is 0 Å². The Morgan fingerprint density at radius 2 is 0.588 bits per heavy atom. The number of nitrogens with one attached hydrogen (secondary N) is 1. The van der Waals surface area contributed by atoms with Gasteiger partial charge in [-0.05, 0) is 57.8 Å². The Labute approximate surface area is 501 Å². The minimum Gasteiger partial charge on any atom is -0.466 e. The quantitative estimate of drug-likeness (QED) is 0.0320. The standard InChI is InChI=1S/C74H143NO5/c1-3-5-7-9-11-13-15-17-19-21-22-23-29-32-35-38-42-46-50-54-58-62-66-72(77)71(70-76)75-73(78)67-63-59-55-51-47-43-39-36-33-30-27-25-24-26-28-31-34-37-41-45-49-53-57-61-65-69-80-74(79)68-64-60-56-52-48-44-40-20-18-16-14-12-10-8-6-4-2/h25,27,62,66,71-72,76-77H,3-24,26,28-61,63-65,67-70H2,1-2H3,(H,75,78)/b27-25-,66-62+. The fourth-order valence-electron chi connectivity index (χ4n) is 11.6. The number of ether oxygens (including phenoxy) is 1. The minimum absolute atomic E-state index is 0.0174. The van der Waals surface area contributed by atoms with Gasteiger partial charge in [-0.3, -0.25) is 9.59 Å². The molecule has 0 saturated heterocycles. The molecule has 0 aromatic carbocycles. The fourth-order valence-corrected chi connectivity index (χ4v) is 11.6. The Morgan fingerprint density at radius 3 is 0.887 bits per heavy atom. The number of aliphatic hydroxyl groups excluding tert-OH is 2. The maximum atomic E-state index is 12.5. The van der Waals surface area contributed by atoms with Gasteiger partial charge in [-0.25, -0.2) is 0 Å². The van der Waals surface area contributed by atoms with Crippen LogP contribution in [0.15, 0.2) is 24.3 Å². The number of carbonyl (C=O) groups excluding carboxylic acids is 2. The second-order valence-electron chi connectivity index (χ2n) is 25.3. The highest BCUT2D eigenvalue weighted by Gasteiger charge is 2.18. The molecule has 0 radical (unpaired) electrons. The van der Waals surface area contributed by atoms with Gasteiger partial charge in [0.15, 0.2) is 0 Å². The van der Waals surface area contributed by atoms with Gasteiger partial charge in [0.2, 0.25) is 5.91 Å². The fraction of sp³-hybridized carbons (Fsp3) is 0.919. The minimum atomic E-state index is -0.847. The molecule has 0 spiro atoms. The lowest BCUT2D eigenvalue weighted by molar-refractivity contribution is -0.143. The zero-order valence-corrected chi connectivity index (χ0v) is 54.3. The van der Waals surface area contributed by atoms with E-state index in [1.165, 1.54) is 347 Å². The molecule has 0 aliphatic heterocycles. The lowest BCUT2D eigenvalue weighted by Gasteiger charge is -2.20. The first-order chi connectivity index (χ1) is 39.5. The maximum Gasteiger partial charge on any atom is 0.305 e. The third kappa shape index (κ3) is 65.5. The van der Waals surface area contributed by atoms with Crippen LogP contribution in [0.3, 0.4) is 0 Å². The number of hydrogen-bond donors (Lipinski definition) is 3. The van der Waals surface area contributed by atoms with Gasteiger partial charge in [-0.15, -0.1) is 0 Å². The van der Waals surface area contributed by atoms with Gasteiger partial charge in [0, 0.05) is 12.8 Å². The van der Waals surface area contributed by atoms with Crippen molar-refractivity contribution in [3.8, 4) is 0 Å². The van der Waals surface area contributed by atoms with E-state index < -0.39 is 12.1 Å². The summed E-state index contributed by atoms with van der Waals surface area (Å²) in [5, 5.41) is 23.3. The Morgan fingerprint density at radius 1 is 0.338 bits per heavy atom. The summed E-state index contributed by atoms with van der Waals surface area (Å²) in [5.41, 5.74) is 0. The topological polar surface area (TPSA) is 95.9 Å². The van der Waals surface area contributed by atoms with Crippen LogP contribution in [0.1, 0.15) is 412 Å². The first-order valence-corrected chi connectivity index (χ1v) is 36.6. The number of aliphatic hydroxyl groups is 2. The van der Waals surface area contributed by atoms with Gasteiger partial charge >= 0.3 is 5.97 Å². The lowest BCUT2D eigenvalue weighted by Crippen LogP contribution is -2.45. The summed E-state index contributed by atoms with van der Waals surface area (Å²) in [5.74, 6) is -0.0492. The van der Waals surface area contributed by atoms with E-state index in [9.17, 15) is 19.8 Å². The summed E-state index contributed by atoms with van der Waals surface area (Å²) in [6, 6.07) is -0.631. The highest BCUT2D eigenvalue weighted by Crippen LogP contribution is 2.19. The van der Waals surface area contributed by atoms with Gasteiger partial charge in [0.05, 0.1) is 25.4 Å². The molecule has 0 aliphatic rings. The first-order valence-electron chi connectivity index (χ1n) is 36.6. The number of esters is 1. The van der Waals surface area contributed by atoms with Crippen LogP contribution in [-0.2, 0) is 14.3 Å². The largest absolute Gasteiger partial charge is 0.466 e. The second kappa shape index (κ2) is 69.8. The molecule has 6 nitrogen and oxygen atoms in total. The van der Waals surface area contributed by atoms with E-state index in [1.54, 1.807) is 6.08 Å². The predicted molar refractivity (Wildman–Crippen MR) is 352 cm³/mol. The summed E-state index contributed by atoms with van der Waals surface area (Å²) in [6.07, 6.45) is 88.3. The molecule has 0 fully saturated rings. The van der Waals surface area contributed by atoms with Crippen LogP contribution in [0.4, 0.5) is 0 Å². The summed E-state index contributed by atoms with van der Waals surface area (Å²) in [7, 11) is 0. The van der Waals surface area contributed by atoms with Crippen molar-refractivity contribution in [3.05, 3.63) is 24.3 Å². The Bertz CT molecular complexity index is 1250. The van der Waals surface area contributed by atoms with Crippen molar-refractivity contribution >= 4 is 11.9 Å². The number of allylic oxidation sites excluding steroid dienone is 3. The zero-order chi connectivity index (χ0) is 57.8. The number of carbonyl (C=O) groups is 2. The Balaban J connectivity index is 3.41. The normalized spacial score (nSPS) is 12.6. The Hall–Kier alpha value is -1.66. The van der Waals surface area contributed by atoms with Crippen molar-refractivity contribution in [1.82, 2.24) is 5.32 Å². The number of amides is 1. The van der Waals surface area contributed by atoms with Crippen molar-refractivity contribution in [2.24, 2.45) is 0 Å². The highest BCUT2D eigenvalue weighted by molar-refractivity contribution is 5.76. The lowest BCUT2D eigenvalue weighted by atomic mass is 10.0. The van der Waals surface area contributed by atoms with Crippen molar-refractivity contribution in [2.45, 2.75) is 424 Å². The number of hydrogen-bond acceptors (Lipinski definition) is 5. The molecular formula is C74H143NO5. The highest BCUT2D eigenvalue weighted by atomic mass is 16.5. The third-order valence-corrected chi connectivity index (χ3v) is 17.2. The van der Waals surface area contributed by atoms with Crippen molar-refractivity contribution < 1.29 is 24.5 Å². The third-order valence-electron chi connectivity index (χ3n) is 17.2. The van der Waals surface area contributed by atoms with E-state index in [4.69, 9.17) is 4.74 Å². The van der Waals surface area contributed by atoms with E-state index >= 15 is 0 Å². The van der Waals surface area contributed by atoms with Crippen molar-refractivity contribution in [2.75, 3.05) is 13.2 Å². The van der Waals surface area contributed by atoms with Crippen LogP contribution in [0.5, 0.6) is 0 Å². The second-order valence-corrected chi connectivity index (χ2v) is 25.3. The summed E-state index contributed by atoms with van der Waals surface area (Å²) < 4.78 is 5.50. The van der Waals surface area contributed by atoms with E-state index in [-0.39, 0.29) is 18.5 Å². The van der Waals surface area contributed by atoms with Crippen LogP contribution in [0.2, 0.25) is 0 Å². The average molecular weight is 1130 g/mol. The molecule has 0 heterocycles. The molecule has 0 aromatic rings. The van der Waals surface area contributed by atoms with Crippen molar-refractivity contribution in [3.63, 3.8) is 0 Å². The molecule has 6 heteroatoms. The van der Waals surface area contributed by atoms with Crippen LogP contribution in [0, 0.1) is 0 Å². The molecule has 2 unspecified atom stereocenters. The molecule has 0 saturated carbocycles. The summed E-state index contributed by atoms with van der Waals surface area (Å²) in [6.45, 7) is 4.95. The molecule has 1 amide bonds. The first kappa shape index (κ1) is 78.3. The molecule has 80 heavy (non-hydrogen) atoms. The van der Waals surface area contributed by atoms with E-state index in [0.29, 0.717) is 19.4 Å². The van der Waals surface area contributed by atoms with Gasteiger partial charge < -0.3 is 20.3 Å². The molecule has 0 bridgehead atoms. The van der Waals surface area contributed by atoms with Crippen LogP contribution in [-0.4, -0.2) is 47.4 Å². The molecule has 474 valence electrons. The maximum absolute atomic E-state index is 12.5. The smallest absolute Gasteiger partial charge is 0.305 e. The van der Waals surface area contributed by atoms with Gasteiger partial charge in [-0.1, -0.05) is 366 Å².